The van der Waals surface area contributed by atoms with Gasteiger partial charge < -0.3 is 10.2 Å². The van der Waals surface area contributed by atoms with Crippen LogP contribution in [0.4, 0.5) is 0 Å². The van der Waals surface area contributed by atoms with E-state index in [1.807, 2.05) is 6.21 Å². The van der Waals surface area contributed by atoms with Crippen LogP contribution in [0.3, 0.4) is 0 Å². The highest BCUT2D eigenvalue weighted by Gasteiger charge is 2.29. The molecule has 1 saturated heterocycles. The fraction of sp³-hybridized carbons (Fsp3) is 0.647. The summed E-state index contributed by atoms with van der Waals surface area (Å²) in [6.45, 7) is 9.96. The van der Waals surface area contributed by atoms with Crippen LogP contribution in [0.25, 0.3) is 0 Å². The normalized spacial score (nSPS) is 24.1. The molecule has 0 amide bonds. The summed E-state index contributed by atoms with van der Waals surface area (Å²) < 4.78 is 0. The predicted molar refractivity (Wildman–Crippen MR) is 87.9 cm³/mol. The van der Waals surface area contributed by atoms with Gasteiger partial charge in [0.05, 0.1) is 0 Å². The van der Waals surface area contributed by atoms with E-state index in [2.05, 4.69) is 28.7 Å². The van der Waals surface area contributed by atoms with E-state index >= 15 is 0 Å². The molecule has 0 aromatic rings. The van der Waals surface area contributed by atoms with Crippen LogP contribution < -0.4 is 5.32 Å². The van der Waals surface area contributed by atoms with Crippen LogP contribution in [-0.4, -0.2) is 43.1 Å². The molecular formula is C17H26N4. The molecule has 4 heteroatoms. The van der Waals surface area contributed by atoms with Gasteiger partial charge in [0.1, 0.15) is 5.84 Å². The third-order valence-corrected chi connectivity index (χ3v) is 4.66. The first-order valence-corrected chi connectivity index (χ1v) is 8.15. The minimum Gasteiger partial charge on any atom is -0.354 e. The second-order valence-electron chi connectivity index (χ2n) is 6.46. The van der Waals surface area contributed by atoms with E-state index in [0.717, 1.165) is 37.4 Å². The van der Waals surface area contributed by atoms with Gasteiger partial charge in [0.15, 0.2) is 0 Å². The summed E-state index contributed by atoms with van der Waals surface area (Å²) in [7, 11) is 0. The second-order valence-corrected chi connectivity index (χ2v) is 6.46. The molecule has 2 saturated carbocycles. The molecule has 3 fully saturated rings. The number of rotatable bonds is 5. The molecule has 3 rings (SSSR count). The van der Waals surface area contributed by atoms with E-state index in [1.54, 1.807) is 0 Å². The summed E-state index contributed by atoms with van der Waals surface area (Å²) in [6.07, 6.45) is 6.97. The number of nitrogens with zero attached hydrogens (tertiary/aromatic N) is 2. The van der Waals surface area contributed by atoms with E-state index in [-0.39, 0.29) is 0 Å². The van der Waals surface area contributed by atoms with Gasteiger partial charge in [0.25, 0.3) is 0 Å². The van der Waals surface area contributed by atoms with Gasteiger partial charge >= 0.3 is 0 Å². The van der Waals surface area contributed by atoms with Crippen molar-refractivity contribution in [2.45, 2.75) is 32.6 Å². The van der Waals surface area contributed by atoms with Gasteiger partial charge in [0.2, 0.25) is 0 Å². The summed E-state index contributed by atoms with van der Waals surface area (Å²) in [5, 5.41) is 11.8. The average Bonchev–Trinajstić information content (AvgIpc) is 3.39. The second kappa shape index (κ2) is 6.14. The van der Waals surface area contributed by atoms with Crippen molar-refractivity contribution in [1.29, 1.82) is 5.41 Å². The molecule has 21 heavy (non-hydrogen) atoms. The molecule has 0 atom stereocenters. The standard InChI is InChI=1S/C17H26N4/c1-12(17(18)21-9-7-19-8-10-21)16(15-5-6-15)11-20-13(2)14-3-4-14/h11,14-15,18-19H,2-10H2,1H3/b16-12-,18-17?,20-11-. The maximum absolute atomic E-state index is 8.48. The highest BCUT2D eigenvalue weighted by atomic mass is 15.2. The summed E-state index contributed by atoms with van der Waals surface area (Å²) in [6, 6.07) is 0. The molecule has 1 aliphatic heterocycles. The Morgan fingerprint density at radius 3 is 2.38 bits per heavy atom. The molecule has 0 aromatic carbocycles. The van der Waals surface area contributed by atoms with Crippen LogP contribution in [0.5, 0.6) is 0 Å². The zero-order chi connectivity index (χ0) is 14.8. The number of allylic oxidation sites excluding steroid dienone is 2. The lowest BCUT2D eigenvalue weighted by Gasteiger charge is -2.30. The van der Waals surface area contributed by atoms with Crippen molar-refractivity contribution in [2.24, 2.45) is 16.8 Å². The summed E-state index contributed by atoms with van der Waals surface area (Å²) in [4.78, 5) is 6.77. The molecular weight excluding hydrogens is 260 g/mol. The van der Waals surface area contributed by atoms with E-state index in [9.17, 15) is 0 Å². The lowest BCUT2D eigenvalue weighted by molar-refractivity contribution is 0.355. The fourth-order valence-electron chi connectivity index (χ4n) is 2.84. The summed E-state index contributed by atoms with van der Waals surface area (Å²) >= 11 is 0. The van der Waals surface area contributed by atoms with E-state index in [1.165, 1.54) is 31.3 Å². The first-order valence-electron chi connectivity index (χ1n) is 8.15. The molecule has 2 aliphatic carbocycles. The summed E-state index contributed by atoms with van der Waals surface area (Å²) in [5.41, 5.74) is 3.39. The van der Waals surface area contributed by atoms with Crippen molar-refractivity contribution >= 4 is 12.1 Å². The Morgan fingerprint density at radius 1 is 1.19 bits per heavy atom. The number of nitrogens with one attached hydrogen (secondary N) is 2. The maximum atomic E-state index is 8.48. The highest BCUT2D eigenvalue weighted by Crippen LogP contribution is 2.39. The maximum Gasteiger partial charge on any atom is 0.124 e. The predicted octanol–water partition coefficient (Wildman–Crippen LogP) is 2.59. The Hall–Kier alpha value is -1.42. The number of hydrogen-bond acceptors (Lipinski definition) is 3. The topological polar surface area (TPSA) is 51.5 Å². The first-order chi connectivity index (χ1) is 10.2. The number of amidine groups is 1. The molecule has 0 unspecified atom stereocenters. The molecule has 2 N–H and O–H groups in total. The minimum atomic E-state index is 0.615. The molecule has 0 bridgehead atoms. The zero-order valence-electron chi connectivity index (χ0n) is 13.0. The Bertz CT molecular complexity index is 489. The summed E-state index contributed by atoms with van der Waals surface area (Å²) in [5.74, 6) is 1.92. The Morgan fingerprint density at radius 2 is 1.81 bits per heavy atom. The molecule has 3 aliphatic rings. The van der Waals surface area contributed by atoms with E-state index < -0.39 is 0 Å². The van der Waals surface area contributed by atoms with Gasteiger partial charge in [-0.05, 0) is 49.7 Å². The van der Waals surface area contributed by atoms with Crippen molar-refractivity contribution in [2.75, 3.05) is 26.2 Å². The van der Waals surface area contributed by atoms with E-state index in [4.69, 9.17) is 5.41 Å². The molecule has 114 valence electrons. The van der Waals surface area contributed by atoms with Crippen molar-refractivity contribution in [3.8, 4) is 0 Å². The van der Waals surface area contributed by atoms with E-state index in [0.29, 0.717) is 17.7 Å². The average molecular weight is 286 g/mol. The number of piperazine rings is 1. The monoisotopic (exact) mass is 286 g/mol. The smallest absolute Gasteiger partial charge is 0.124 e. The molecule has 0 radical (unpaired) electrons. The van der Waals surface area contributed by atoms with Crippen molar-refractivity contribution in [3.05, 3.63) is 23.4 Å². The lowest BCUT2D eigenvalue weighted by atomic mass is 10.0. The minimum absolute atomic E-state index is 0.615. The zero-order valence-corrected chi connectivity index (χ0v) is 13.0. The third-order valence-electron chi connectivity index (χ3n) is 4.66. The lowest BCUT2D eigenvalue weighted by Crippen LogP contribution is -2.46. The molecule has 4 nitrogen and oxygen atoms in total. The van der Waals surface area contributed by atoms with Crippen molar-refractivity contribution in [3.63, 3.8) is 0 Å². The Kier molecular flexibility index (Phi) is 4.24. The SMILES string of the molecule is C=C(/N=C\C(=C(/C)C(=N)N1CCNCC1)C1CC1)C1CC1. The van der Waals surface area contributed by atoms with Crippen LogP contribution in [0.15, 0.2) is 28.4 Å². The van der Waals surface area contributed by atoms with Gasteiger partial charge in [-0.1, -0.05) is 6.58 Å². The van der Waals surface area contributed by atoms with Crippen LogP contribution in [0.1, 0.15) is 32.6 Å². The molecule has 0 aromatic heterocycles. The van der Waals surface area contributed by atoms with Crippen molar-refractivity contribution < 1.29 is 0 Å². The van der Waals surface area contributed by atoms with Gasteiger partial charge in [-0.2, -0.15) is 0 Å². The molecule has 1 heterocycles. The number of aliphatic imine (C=N–C) groups is 1. The quantitative estimate of drug-likeness (QED) is 0.603. The van der Waals surface area contributed by atoms with Crippen molar-refractivity contribution in [1.82, 2.24) is 10.2 Å². The number of hydrogen-bond donors (Lipinski definition) is 2. The van der Waals surface area contributed by atoms with Crippen LogP contribution in [-0.2, 0) is 0 Å². The molecule has 0 spiro atoms. The highest BCUT2D eigenvalue weighted by molar-refractivity contribution is 6.01. The van der Waals surface area contributed by atoms with Gasteiger partial charge in [-0.15, -0.1) is 0 Å². The Labute approximate surface area is 127 Å². The first kappa shape index (κ1) is 14.5. The van der Waals surface area contributed by atoms with Crippen LogP contribution in [0.2, 0.25) is 0 Å². The van der Waals surface area contributed by atoms with Crippen LogP contribution in [0, 0.1) is 17.2 Å². The van der Waals surface area contributed by atoms with Gasteiger partial charge in [-0.3, -0.25) is 10.4 Å². The van der Waals surface area contributed by atoms with Gasteiger partial charge in [0, 0.05) is 44.0 Å². The van der Waals surface area contributed by atoms with Crippen LogP contribution >= 0.6 is 0 Å². The van der Waals surface area contributed by atoms with Gasteiger partial charge in [-0.25, -0.2) is 0 Å². The third kappa shape index (κ3) is 3.62. The fourth-order valence-corrected chi connectivity index (χ4v) is 2.84. The Balaban J connectivity index is 1.73. The largest absolute Gasteiger partial charge is 0.354 e.